The van der Waals surface area contributed by atoms with Gasteiger partial charge in [-0.15, -0.1) is 0 Å². The molecule has 2 rings (SSSR count). The Hall–Kier alpha value is -1.99. The van der Waals surface area contributed by atoms with Crippen LogP contribution in [-0.2, 0) is 33.5 Å². The summed E-state index contributed by atoms with van der Waals surface area (Å²) >= 11 is 0. The van der Waals surface area contributed by atoms with Gasteiger partial charge in [-0.25, -0.2) is 4.79 Å². The Balaban J connectivity index is 1.44. The van der Waals surface area contributed by atoms with E-state index in [0.717, 1.165) is 4.90 Å². The predicted molar refractivity (Wildman–Crippen MR) is 96.3 cm³/mol. The van der Waals surface area contributed by atoms with Crippen LogP contribution in [0.25, 0.3) is 0 Å². The average molecular weight is 436 g/mol. The molecule has 3 amide bonds. The third-order valence-electron chi connectivity index (χ3n) is 3.67. The second-order valence-corrected chi connectivity index (χ2v) is 8.38. The minimum absolute atomic E-state index is 0.0120. The number of carbonyl (C=O) groups is 5. The van der Waals surface area contributed by atoms with Crippen molar-refractivity contribution in [1.82, 2.24) is 9.96 Å². The van der Waals surface area contributed by atoms with Gasteiger partial charge in [0.2, 0.25) is 5.91 Å². The van der Waals surface area contributed by atoms with Gasteiger partial charge >= 0.3 is 12.1 Å². The van der Waals surface area contributed by atoms with Crippen LogP contribution in [0, 0.1) is 0 Å². The fourth-order valence-corrected chi connectivity index (χ4v) is 3.98. The lowest BCUT2D eigenvalue weighted by Gasteiger charge is -2.19. The molecule has 0 aromatic heterocycles. The summed E-state index contributed by atoms with van der Waals surface area (Å²) in [5.74, 6) is -1.11. The maximum atomic E-state index is 11.6. The van der Waals surface area contributed by atoms with E-state index in [9.17, 15) is 29.1 Å². The second kappa shape index (κ2) is 11.1. The Bertz CT molecular complexity index is 615. The number of carbonyl (C=O) groups excluding carboxylic acids is 5. The number of rotatable bonds is 10. The second-order valence-electron chi connectivity index (χ2n) is 5.68. The van der Waals surface area contributed by atoms with Crippen LogP contribution in [-0.4, -0.2) is 82.4 Å². The Morgan fingerprint density at radius 2 is 1.57 bits per heavy atom. The van der Waals surface area contributed by atoms with Crippen LogP contribution in [0.3, 0.4) is 0 Å². The highest BCUT2D eigenvalue weighted by Crippen LogP contribution is 2.21. The summed E-state index contributed by atoms with van der Waals surface area (Å²) in [6, 6.07) is 0. The molecule has 0 aromatic carbocycles. The van der Waals surface area contributed by atoms with Crippen molar-refractivity contribution in [3.05, 3.63) is 0 Å². The summed E-state index contributed by atoms with van der Waals surface area (Å²) in [5, 5.41) is 9.96. The number of nitrogens with zero attached hydrogens (tertiary/aromatic N) is 2. The van der Waals surface area contributed by atoms with Crippen LogP contribution in [0.2, 0.25) is 0 Å². The van der Waals surface area contributed by atoms with Crippen molar-refractivity contribution in [1.29, 1.82) is 0 Å². The fraction of sp³-hybridized carbons (Fsp3) is 0.667. The molecule has 2 aliphatic rings. The molecular weight excluding hydrogens is 416 g/mol. The average Bonchev–Trinajstić information content (AvgIpc) is 3.14. The summed E-state index contributed by atoms with van der Waals surface area (Å²) in [7, 11) is 2.75. The molecule has 0 saturated carbocycles. The lowest BCUT2D eigenvalue weighted by Crippen LogP contribution is -2.38. The lowest BCUT2D eigenvalue weighted by molar-refractivity contribution is -0.176. The van der Waals surface area contributed by atoms with E-state index >= 15 is 0 Å². The zero-order chi connectivity index (χ0) is 20.5. The molecule has 2 aliphatic heterocycles. The van der Waals surface area contributed by atoms with Gasteiger partial charge in [-0.1, -0.05) is 26.7 Å². The zero-order valence-electron chi connectivity index (χ0n) is 14.9. The van der Waals surface area contributed by atoms with Crippen molar-refractivity contribution < 1.29 is 43.4 Å². The number of aliphatic hydroxyl groups is 1. The maximum Gasteiger partial charge on any atom is 0.533 e. The Kier molecular flexibility index (Phi) is 8.86. The van der Waals surface area contributed by atoms with Crippen molar-refractivity contribution in [2.24, 2.45) is 0 Å². The number of esters is 1. The van der Waals surface area contributed by atoms with Gasteiger partial charge in [0.25, 0.3) is 11.8 Å². The highest BCUT2D eigenvalue weighted by Gasteiger charge is 2.33. The first-order valence-corrected chi connectivity index (χ1v) is 11.0. The summed E-state index contributed by atoms with van der Waals surface area (Å²) in [6.07, 6.45) is -1.49. The Morgan fingerprint density at radius 1 is 0.964 bits per heavy atom. The molecule has 0 bridgehead atoms. The first-order valence-electron chi connectivity index (χ1n) is 8.46. The highest BCUT2D eigenvalue weighted by molar-refractivity contribution is 8.76. The van der Waals surface area contributed by atoms with Gasteiger partial charge in [0.05, 0.1) is 0 Å². The smallest absolute Gasteiger partial charge is 0.463 e. The monoisotopic (exact) mass is 436 g/mol. The molecule has 1 N–H and O–H groups in total. The van der Waals surface area contributed by atoms with Crippen LogP contribution in [0.1, 0.15) is 25.7 Å². The topological polar surface area (TPSA) is 140 Å². The molecule has 1 unspecified atom stereocenters. The van der Waals surface area contributed by atoms with Gasteiger partial charge in [-0.05, 0) is 0 Å². The minimum atomic E-state index is -1.12. The van der Waals surface area contributed by atoms with Gasteiger partial charge < -0.3 is 19.5 Å². The largest absolute Gasteiger partial charge is 0.533 e. The molecule has 2 saturated heterocycles. The van der Waals surface area contributed by atoms with Gasteiger partial charge in [-0.2, -0.15) is 0 Å². The number of aliphatic hydroxyl groups excluding tert-OH is 1. The van der Waals surface area contributed by atoms with Crippen molar-refractivity contribution >= 4 is 51.4 Å². The minimum Gasteiger partial charge on any atom is -0.463 e. The quantitative estimate of drug-likeness (QED) is 0.215. The van der Waals surface area contributed by atoms with Gasteiger partial charge in [0.15, 0.2) is 0 Å². The normalized spacial score (nSPS) is 19.3. The molecule has 2 fully saturated rings. The van der Waals surface area contributed by atoms with Crippen molar-refractivity contribution in [2.75, 3.05) is 31.3 Å². The molecule has 11 nitrogen and oxygen atoms in total. The first kappa shape index (κ1) is 22.3. The summed E-state index contributed by atoms with van der Waals surface area (Å²) in [5.41, 5.74) is 0. The molecule has 0 spiro atoms. The highest BCUT2D eigenvalue weighted by atomic mass is 33.1. The summed E-state index contributed by atoms with van der Waals surface area (Å²) < 4.78 is 9.74. The van der Waals surface area contributed by atoms with E-state index in [2.05, 4.69) is 4.84 Å². The third kappa shape index (κ3) is 6.87. The van der Waals surface area contributed by atoms with E-state index in [0.29, 0.717) is 23.0 Å². The van der Waals surface area contributed by atoms with Gasteiger partial charge in [0.1, 0.15) is 26.0 Å². The van der Waals surface area contributed by atoms with Crippen molar-refractivity contribution in [3.8, 4) is 0 Å². The number of ether oxygens (including phenoxy) is 2. The first-order chi connectivity index (χ1) is 13.4. The molecule has 0 aliphatic carbocycles. The number of imide groups is 1. The van der Waals surface area contributed by atoms with Crippen molar-refractivity contribution in [2.45, 2.75) is 31.9 Å². The maximum absolute atomic E-state index is 11.6. The molecular formula is C15H20N2O9S2. The molecule has 156 valence electrons. The SMILES string of the molecule is O=C(CN1C(=O)CCC1O)OCCSSCCOC(=O)ON1C(=O)CCC1=O. The van der Waals surface area contributed by atoms with E-state index in [1.54, 1.807) is 0 Å². The zero-order valence-corrected chi connectivity index (χ0v) is 16.5. The molecule has 13 heteroatoms. The number of hydrogen-bond donors (Lipinski definition) is 1. The van der Waals surface area contributed by atoms with E-state index in [-0.39, 0.29) is 44.9 Å². The fourth-order valence-electron chi connectivity index (χ4n) is 2.32. The molecule has 0 aromatic rings. The van der Waals surface area contributed by atoms with Gasteiger partial charge in [-0.3, -0.25) is 24.0 Å². The number of amides is 3. The Labute approximate surface area is 168 Å². The van der Waals surface area contributed by atoms with E-state index in [1.165, 1.54) is 21.6 Å². The standard InChI is InChI=1S/C15H20N2O9S2/c18-10-1-2-11(19)16(10)9-14(22)24-5-7-27-28-8-6-25-15(23)26-17-12(20)3-4-13(17)21/h10,18H,1-9H2. The van der Waals surface area contributed by atoms with E-state index in [1.807, 2.05) is 0 Å². The number of hydrogen-bond acceptors (Lipinski definition) is 11. The van der Waals surface area contributed by atoms with E-state index in [4.69, 9.17) is 9.47 Å². The van der Waals surface area contributed by atoms with Crippen LogP contribution in [0.5, 0.6) is 0 Å². The number of hydroxylamine groups is 2. The molecule has 0 radical (unpaired) electrons. The third-order valence-corrected chi connectivity index (χ3v) is 6.00. The van der Waals surface area contributed by atoms with E-state index < -0.39 is 30.2 Å². The summed E-state index contributed by atoms with van der Waals surface area (Å²) in [6.45, 7) is -0.117. The van der Waals surface area contributed by atoms with Crippen LogP contribution >= 0.6 is 21.6 Å². The van der Waals surface area contributed by atoms with Crippen LogP contribution < -0.4 is 0 Å². The molecule has 1 atom stereocenters. The van der Waals surface area contributed by atoms with Crippen molar-refractivity contribution in [3.63, 3.8) is 0 Å². The van der Waals surface area contributed by atoms with Crippen LogP contribution in [0.15, 0.2) is 0 Å². The van der Waals surface area contributed by atoms with Gasteiger partial charge in [0, 0.05) is 37.2 Å². The molecule has 2 heterocycles. The summed E-state index contributed by atoms with van der Waals surface area (Å²) in [4.78, 5) is 62.6. The molecule has 28 heavy (non-hydrogen) atoms. The van der Waals surface area contributed by atoms with Crippen LogP contribution in [0.4, 0.5) is 4.79 Å². The Morgan fingerprint density at radius 3 is 2.14 bits per heavy atom. The predicted octanol–water partition coefficient (Wildman–Crippen LogP) is 0.0690. The lowest BCUT2D eigenvalue weighted by atomic mass is 10.4. The number of likely N-dealkylation sites (tertiary alicyclic amines) is 1.